The van der Waals surface area contributed by atoms with E-state index in [1.54, 1.807) is 29.4 Å². The van der Waals surface area contributed by atoms with Crippen molar-refractivity contribution in [2.45, 2.75) is 31.7 Å². The summed E-state index contributed by atoms with van der Waals surface area (Å²) in [5.41, 5.74) is 2.05. The summed E-state index contributed by atoms with van der Waals surface area (Å²) < 4.78 is 5.89. The van der Waals surface area contributed by atoms with Crippen molar-refractivity contribution in [2.75, 3.05) is 6.61 Å². The molecule has 3 saturated carbocycles. The summed E-state index contributed by atoms with van der Waals surface area (Å²) in [5, 5.41) is 24.1. The van der Waals surface area contributed by atoms with Gasteiger partial charge in [0.1, 0.15) is 6.07 Å². The van der Waals surface area contributed by atoms with Gasteiger partial charge in [-0.25, -0.2) is 9.99 Å². The molecular weight excluding hydrogens is 390 g/mol. The highest BCUT2D eigenvalue weighted by molar-refractivity contribution is 5.83. The highest BCUT2D eigenvalue weighted by Crippen LogP contribution is 2.62. The van der Waals surface area contributed by atoms with E-state index in [2.05, 4.69) is 16.2 Å². The third-order valence-electron chi connectivity index (χ3n) is 6.78. The van der Waals surface area contributed by atoms with E-state index in [4.69, 9.17) is 10.00 Å². The standard InChI is InChI=1S/C24H21N5O2/c25-12-16-2-1-3-18(8-16)21-6-7-28-29(21)23(30)20-11-24(9-19(20)10-24)15-31-22-5-4-17(13-26)14-27-22/h1-5,7-8,14,19-21H,6,9-11,15H2. The van der Waals surface area contributed by atoms with E-state index in [-0.39, 0.29) is 23.3 Å². The van der Waals surface area contributed by atoms with Crippen molar-refractivity contribution in [3.8, 4) is 18.0 Å². The molecule has 0 saturated heterocycles. The Labute approximate surface area is 180 Å². The number of amides is 1. The van der Waals surface area contributed by atoms with Crippen LogP contribution < -0.4 is 4.74 Å². The molecule has 2 unspecified atom stereocenters. The third-order valence-corrected chi connectivity index (χ3v) is 6.78. The van der Waals surface area contributed by atoms with Crippen LogP contribution in [-0.4, -0.2) is 28.7 Å². The minimum atomic E-state index is -0.145. The Hall–Kier alpha value is -3.71. The van der Waals surface area contributed by atoms with Gasteiger partial charge in [-0.05, 0) is 48.9 Å². The first-order chi connectivity index (χ1) is 15.1. The summed E-state index contributed by atoms with van der Waals surface area (Å²) in [7, 11) is 0. The summed E-state index contributed by atoms with van der Waals surface area (Å²) in [5.74, 6) is 0.900. The van der Waals surface area contributed by atoms with Crippen molar-refractivity contribution in [1.29, 1.82) is 10.5 Å². The molecule has 31 heavy (non-hydrogen) atoms. The zero-order valence-corrected chi connectivity index (χ0v) is 16.9. The van der Waals surface area contributed by atoms with Gasteiger partial charge in [0.2, 0.25) is 11.8 Å². The maximum atomic E-state index is 13.4. The van der Waals surface area contributed by atoms with Crippen LogP contribution in [0.2, 0.25) is 0 Å². The topological polar surface area (TPSA) is 102 Å². The Kier molecular flexibility index (Phi) is 4.67. The van der Waals surface area contributed by atoms with E-state index >= 15 is 0 Å². The minimum Gasteiger partial charge on any atom is -0.477 e. The van der Waals surface area contributed by atoms with Crippen LogP contribution in [0.4, 0.5) is 0 Å². The predicted molar refractivity (Wildman–Crippen MR) is 112 cm³/mol. The van der Waals surface area contributed by atoms with Crippen LogP contribution >= 0.6 is 0 Å². The van der Waals surface area contributed by atoms with Gasteiger partial charge in [0.15, 0.2) is 0 Å². The van der Waals surface area contributed by atoms with Crippen LogP contribution in [0, 0.1) is 39.9 Å². The molecule has 2 bridgehead atoms. The normalized spacial score (nSPS) is 27.9. The number of hydrogen-bond donors (Lipinski definition) is 0. The lowest BCUT2D eigenvalue weighted by atomic mass is 9.70. The maximum absolute atomic E-state index is 13.4. The quantitative estimate of drug-likeness (QED) is 0.748. The molecule has 4 aliphatic rings. The lowest BCUT2D eigenvalue weighted by molar-refractivity contribution is -0.138. The van der Waals surface area contributed by atoms with Gasteiger partial charge >= 0.3 is 0 Å². The molecule has 1 amide bonds. The number of hydrogen-bond acceptors (Lipinski definition) is 6. The highest BCUT2D eigenvalue weighted by Gasteiger charge is 2.59. The summed E-state index contributed by atoms with van der Waals surface area (Å²) >= 11 is 0. The van der Waals surface area contributed by atoms with Crippen LogP contribution in [0.25, 0.3) is 0 Å². The second kappa shape index (κ2) is 7.52. The molecule has 2 heterocycles. The van der Waals surface area contributed by atoms with Crippen molar-refractivity contribution >= 4 is 12.1 Å². The molecular formula is C24H21N5O2. The lowest BCUT2D eigenvalue weighted by Gasteiger charge is -2.38. The first kappa shape index (κ1) is 19.3. The number of nitrogens with zero attached hydrogens (tertiary/aromatic N) is 5. The number of benzene rings is 1. The van der Waals surface area contributed by atoms with E-state index in [1.165, 1.54) is 6.20 Å². The fraction of sp³-hybridized carbons (Fsp3) is 0.375. The second-order valence-corrected chi connectivity index (χ2v) is 8.73. The first-order valence-electron chi connectivity index (χ1n) is 10.5. The van der Waals surface area contributed by atoms with Crippen LogP contribution in [0.5, 0.6) is 5.88 Å². The van der Waals surface area contributed by atoms with Gasteiger partial charge in [-0.3, -0.25) is 4.79 Å². The molecule has 6 rings (SSSR count). The van der Waals surface area contributed by atoms with Gasteiger partial charge in [0, 0.05) is 36.2 Å². The van der Waals surface area contributed by atoms with Crippen LogP contribution in [-0.2, 0) is 4.79 Å². The van der Waals surface area contributed by atoms with Crippen molar-refractivity contribution in [2.24, 2.45) is 22.4 Å². The molecule has 1 aliphatic heterocycles. The SMILES string of the molecule is N#Cc1ccc(OCC23CC(C2)C(C(=O)N2N=CCC2c2cccc(C#N)c2)C3)nc1. The Balaban J connectivity index is 1.24. The zero-order chi connectivity index (χ0) is 21.4. The molecule has 7 nitrogen and oxygen atoms in total. The lowest BCUT2D eigenvalue weighted by Crippen LogP contribution is -2.36. The van der Waals surface area contributed by atoms with Crippen molar-refractivity contribution < 1.29 is 9.53 Å². The van der Waals surface area contributed by atoms with Crippen molar-refractivity contribution in [3.63, 3.8) is 0 Å². The van der Waals surface area contributed by atoms with Gasteiger partial charge in [-0.2, -0.15) is 15.6 Å². The molecule has 154 valence electrons. The van der Waals surface area contributed by atoms with E-state index < -0.39 is 0 Å². The van der Waals surface area contributed by atoms with Crippen LogP contribution in [0.3, 0.4) is 0 Å². The molecule has 2 atom stereocenters. The van der Waals surface area contributed by atoms with E-state index in [9.17, 15) is 10.1 Å². The fourth-order valence-corrected chi connectivity index (χ4v) is 5.25. The van der Waals surface area contributed by atoms with Gasteiger partial charge < -0.3 is 4.74 Å². The number of pyridine rings is 1. The number of aromatic nitrogens is 1. The number of rotatable bonds is 5. The Morgan fingerprint density at radius 2 is 2.00 bits per heavy atom. The van der Waals surface area contributed by atoms with Gasteiger partial charge in [0.05, 0.1) is 29.8 Å². The Bertz CT molecular complexity index is 1120. The van der Waals surface area contributed by atoms with Crippen LogP contribution in [0.15, 0.2) is 47.7 Å². The number of carbonyl (C=O) groups is 1. The van der Waals surface area contributed by atoms with E-state index in [0.29, 0.717) is 36.0 Å². The van der Waals surface area contributed by atoms with Crippen molar-refractivity contribution in [1.82, 2.24) is 9.99 Å². The predicted octanol–water partition coefficient (Wildman–Crippen LogP) is 3.58. The van der Waals surface area contributed by atoms with Gasteiger partial charge in [0.25, 0.3) is 0 Å². The molecule has 0 radical (unpaired) electrons. The van der Waals surface area contributed by atoms with Crippen molar-refractivity contribution in [3.05, 3.63) is 59.3 Å². The number of ether oxygens (including phenoxy) is 1. The Morgan fingerprint density at radius 3 is 2.74 bits per heavy atom. The number of hydrazone groups is 1. The molecule has 0 spiro atoms. The molecule has 3 aliphatic carbocycles. The summed E-state index contributed by atoms with van der Waals surface area (Å²) in [6, 6.07) is 14.9. The van der Waals surface area contributed by atoms with Gasteiger partial charge in [-0.1, -0.05) is 12.1 Å². The largest absolute Gasteiger partial charge is 0.477 e. The fourth-order valence-electron chi connectivity index (χ4n) is 5.25. The van der Waals surface area contributed by atoms with E-state index in [0.717, 1.165) is 24.8 Å². The summed E-state index contributed by atoms with van der Waals surface area (Å²) in [4.78, 5) is 17.5. The number of nitriles is 2. The number of fused-ring (bicyclic) bond motifs is 1. The van der Waals surface area contributed by atoms with E-state index in [1.807, 2.05) is 24.3 Å². The zero-order valence-electron chi connectivity index (χ0n) is 16.9. The molecule has 7 heteroatoms. The summed E-state index contributed by atoms with van der Waals surface area (Å²) in [6.07, 6.45) is 6.71. The average Bonchev–Trinajstić information content (AvgIpc) is 3.51. The van der Waals surface area contributed by atoms with Gasteiger partial charge in [-0.15, -0.1) is 0 Å². The average molecular weight is 411 g/mol. The molecule has 2 aromatic rings. The third kappa shape index (κ3) is 3.43. The Morgan fingerprint density at radius 1 is 1.16 bits per heavy atom. The molecule has 3 fully saturated rings. The first-order valence-corrected chi connectivity index (χ1v) is 10.5. The monoisotopic (exact) mass is 411 g/mol. The summed E-state index contributed by atoms with van der Waals surface area (Å²) in [6.45, 7) is 0.531. The highest BCUT2D eigenvalue weighted by atomic mass is 16.5. The van der Waals surface area contributed by atoms with Crippen LogP contribution in [0.1, 0.15) is 48.4 Å². The number of carbonyl (C=O) groups excluding carboxylic acids is 1. The molecule has 0 N–H and O–H groups in total. The minimum absolute atomic E-state index is 0.0141. The second-order valence-electron chi connectivity index (χ2n) is 8.73. The molecule has 1 aromatic heterocycles. The molecule has 1 aromatic carbocycles. The maximum Gasteiger partial charge on any atom is 0.246 e. The smallest absolute Gasteiger partial charge is 0.246 e.